The fourth-order valence-corrected chi connectivity index (χ4v) is 3.40. The van der Waals surface area contributed by atoms with Crippen molar-refractivity contribution >= 4 is 23.3 Å². The van der Waals surface area contributed by atoms with E-state index in [4.69, 9.17) is 0 Å². The van der Waals surface area contributed by atoms with Crippen molar-refractivity contribution in [3.8, 4) is 0 Å². The van der Waals surface area contributed by atoms with Gasteiger partial charge in [-0.1, -0.05) is 0 Å². The maximum absolute atomic E-state index is 12.7. The number of urea groups is 1. The molecule has 2 amide bonds. The van der Waals surface area contributed by atoms with Crippen LogP contribution in [0.15, 0.2) is 16.8 Å². The number of hydrogen-bond acceptors (Lipinski definition) is 4. The highest BCUT2D eigenvalue weighted by atomic mass is 32.1. The van der Waals surface area contributed by atoms with E-state index >= 15 is 0 Å². The Hall–Kier alpha value is -1.60. The number of rotatable bonds is 4. The predicted molar refractivity (Wildman–Crippen MR) is 77.0 cm³/mol. The van der Waals surface area contributed by atoms with E-state index in [1.165, 1.54) is 4.90 Å². The van der Waals surface area contributed by atoms with Crippen molar-refractivity contribution in [3.63, 3.8) is 0 Å². The fraction of sp³-hybridized carbons (Fsp3) is 0.571. The first-order valence-corrected chi connectivity index (χ1v) is 7.99. The first-order chi connectivity index (χ1) is 10.1. The van der Waals surface area contributed by atoms with Gasteiger partial charge in [0.05, 0.1) is 6.10 Å². The maximum atomic E-state index is 12.7. The summed E-state index contributed by atoms with van der Waals surface area (Å²) in [7, 11) is 0. The van der Waals surface area contributed by atoms with Crippen molar-refractivity contribution < 1.29 is 19.8 Å². The Kier molecular flexibility index (Phi) is 3.86. The summed E-state index contributed by atoms with van der Waals surface area (Å²) in [4.78, 5) is 27.0. The summed E-state index contributed by atoms with van der Waals surface area (Å²) in [6.07, 6.45) is 1.28. The fourth-order valence-electron chi connectivity index (χ4n) is 2.74. The van der Waals surface area contributed by atoms with Gasteiger partial charge in [0, 0.05) is 25.6 Å². The Labute approximate surface area is 126 Å². The van der Waals surface area contributed by atoms with Crippen LogP contribution in [-0.2, 0) is 11.3 Å². The lowest BCUT2D eigenvalue weighted by Crippen LogP contribution is -2.48. The molecule has 0 unspecified atom stereocenters. The second-order valence-electron chi connectivity index (χ2n) is 5.67. The number of thiophene rings is 1. The second kappa shape index (κ2) is 5.65. The zero-order valence-electron chi connectivity index (χ0n) is 11.5. The van der Waals surface area contributed by atoms with E-state index in [-0.39, 0.29) is 25.0 Å². The van der Waals surface area contributed by atoms with Crippen LogP contribution in [0, 0.1) is 0 Å². The topological polar surface area (TPSA) is 81.1 Å². The molecule has 1 saturated heterocycles. The van der Waals surface area contributed by atoms with Gasteiger partial charge in [0.1, 0.15) is 6.04 Å². The van der Waals surface area contributed by atoms with Crippen LogP contribution in [-0.4, -0.2) is 56.7 Å². The molecule has 21 heavy (non-hydrogen) atoms. The van der Waals surface area contributed by atoms with Crippen LogP contribution in [0.5, 0.6) is 0 Å². The average molecular weight is 310 g/mol. The number of aliphatic carboxylic acids is 1. The number of β-amino-alcohol motifs (C(OH)–C–C–N with tert-alkyl or cyclic N) is 1. The van der Waals surface area contributed by atoms with Crippen LogP contribution in [0.25, 0.3) is 0 Å². The first-order valence-electron chi connectivity index (χ1n) is 7.05. The van der Waals surface area contributed by atoms with E-state index in [1.807, 2.05) is 16.8 Å². The Balaban J connectivity index is 1.75. The SMILES string of the molecule is O=C(O)[C@@H]1C[C@@H](O)CN1C(=O)N(Cc1ccsc1)C1CC1. The maximum Gasteiger partial charge on any atom is 0.326 e. The molecule has 6 nitrogen and oxygen atoms in total. The summed E-state index contributed by atoms with van der Waals surface area (Å²) in [5.74, 6) is -1.05. The van der Waals surface area contributed by atoms with Crippen LogP contribution in [0.2, 0.25) is 0 Å². The lowest BCUT2D eigenvalue weighted by atomic mass is 10.2. The smallest absolute Gasteiger partial charge is 0.326 e. The molecule has 0 radical (unpaired) electrons. The van der Waals surface area contributed by atoms with Crippen molar-refractivity contribution in [2.24, 2.45) is 0 Å². The van der Waals surface area contributed by atoms with E-state index in [1.54, 1.807) is 16.2 Å². The molecule has 2 heterocycles. The minimum Gasteiger partial charge on any atom is -0.480 e. The van der Waals surface area contributed by atoms with Crippen molar-refractivity contribution in [3.05, 3.63) is 22.4 Å². The number of amides is 2. The standard InChI is InChI=1S/C14H18N2O4S/c17-11-5-12(13(18)19)16(7-11)14(20)15(10-1-2-10)6-9-3-4-21-8-9/h3-4,8,10-12,17H,1-2,5-7H2,(H,18,19)/t11-,12+/m1/s1. The van der Waals surface area contributed by atoms with Gasteiger partial charge in [-0.05, 0) is 35.2 Å². The van der Waals surface area contributed by atoms with E-state index in [0.717, 1.165) is 18.4 Å². The number of hydrogen-bond donors (Lipinski definition) is 2. The summed E-state index contributed by atoms with van der Waals surface area (Å²) < 4.78 is 0. The van der Waals surface area contributed by atoms with Gasteiger partial charge in [-0.25, -0.2) is 9.59 Å². The Morgan fingerprint density at radius 3 is 2.76 bits per heavy atom. The lowest BCUT2D eigenvalue weighted by Gasteiger charge is -2.30. The molecule has 2 fully saturated rings. The third kappa shape index (κ3) is 3.03. The number of nitrogens with zero attached hydrogens (tertiary/aromatic N) is 2. The molecular formula is C14H18N2O4S. The molecule has 2 aliphatic rings. The average Bonchev–Trinajstić information content (AvgIpc) is 2.99. The van der Waals surface area contributed by atoms with Crippen molar-refractivity contribution in [1.82, 2.24) is 9.80 Å². The molecule has 3 rings (SSSR count). The molecule has 1 aromatic heterocycles. The number of aliphatic hydroxyl groups excluding tert-OH is 1. The molecule has 114 valence electrons. The molecule has 2 N–H and O–H groups in total. The summed E-state index contributed by atoms with van der Waals surface area (Å²) >= 11 is 1.58. The zero-order valence-corrected chi connectivity index (χ0v) is 12.3. The molecule has 1 aliphatic heterocycles. The van der Waals surface area contributed by atoms with Crippen LogP contribution in [0.3, 0.4) is 0 Å². The van der Waals surface area contributed by atoms with Crippen molar-refractivity contribution in [2.75, 3.05) is 6.54 Å². The molecular weight excluding hydrogens is 292 g/mol. The number of aliphatic hydroxyl groups is 1. The van der Waals surface area contributed by atoms with E-state index < -0.39 is 18.1 Å². The quantitative estimate of drug-likeness (QED) is 0.879. The summed E-state index contributed by atoms with van der Waals surface area (Å²) in [6.45, 7) is 0.606. The summed E-state index contributed by atoms with van der Waals surface area (Å²) in [5.41, 5.74) is 1.06. The van der Waals surface area contributed by atoms with E-state index in [2.05, 4.69) is 0 Å². The zero-order chi connectivity index (χ0) is 15.0. The number of carbonyl (C=O) groups is 2. The van der Waals surface area contributed by atoms with Crippen LogP contribution < -0.4 is 0 Å². The molecule has 2 atom stereocenters. The molecule has 0 aromatic carbocycles. The van der Waals surface area contributed by atoms with Gasteiger partial charge in [-0.3, -0.25) is 0 Å². The number of likely N-dealkylation sites (tertiary alicyclic amines) is 1. The van der Waals surface area contributed by atoms with Gasteiger partial charge in [-0.15, -0.1) is 0 Å². The highest BCUT2D eigenvalue weighted by Gasteiger charge is 2.43. The first kappa shape index (κ1) is 14.3. The van der Waals surface area contributed by atoms with Crippen molar-refractivity contribution in [1.29, 1.82) is 0 Å². The third-order valence-electron chi connectivity index (χ3n) is 3.98. The van der Waals surface area contributed by atoms with Crippen LogP contribution >= 0.6 is 11.3 Å². The van der Waals surface area contributed by atoms with Gasteiger partial charge in [0.2, 0.25) is 0 Å². The van der Waals surface area contributed by atoms with Gasteiger partial charge >= 0.3 is 12.0 Å². The second-order valence-corrected chi connectivity index (χ2v) is 6.45. The summed E-state index contributed by atoms with van der Waals surface area (Å²) in [6, 6.07) is 0.981. The van der Waals surface area contributed by atoms with Gasteiger partial charge in [0.25, 0.3) is 0 Å². The van der Waals surface area contributed by atoms with Crippen molar-refractivity contribution in [2.45, 2.75) is 44.0 Å². The highest BCUT2D eigenvalue weighted by Crippen LogP contribution is 2.31. The molecule has 1 aliphatic carbocycles. The molecule has 1 aromatic rings. The van der Waals surface area contributed by atoms with Gasteiger partial charge < -0.3 is 20.0 Å². The number of carbonyl (C=O) groups excluding carboxylic acids is 1. The third-order valence-corrected chi connectivity index (χ3v) is 4.71. The van der Waals surface area contributed by atoms with Crippen LogP contribution in [0.1, 0.15) is 24.8 Å². The molecule has 0 bridgehead atoms. The lowest BCUT2D eigenvalue weighted by molar-refractivity contribution is -0.141. The number of carboxylic acid groups (broad SMARTS) is 1. The summed E-state index contributed by atoms with van der Waals surface area (Å²) in [5, 5.41) is 22.9. The number of carboxylic acids is 1. The largest absolute Gasteiger partial charge is 0.480 e. The van der Waals surface area contributed by atoms with E-state index in [9.17, 15) is 19.8 Å². The normalized spacial score (nSPS) is 25.1. The monoisotopic (exact) mass is 310 g/mol. The molecule has 1 saturated carbocycles. The minimum atomic E-state index is -1.05. The van der Waals surface area contributed by atoms with Crippen LogP contribution in [0.4, 0.5) is 4.79 Å². The van der Waals surface area contributed by atoms with Gasteiger partial charge in [-0.2, -0.15) is 11.3 Å². The Bertz CT molecular complexity index is 529. The molecule has 7 heteroatoms. The minimum absolute atomic E-state index is 0.0999. The Morgan fingerprint density at radius 1 is 1.43 bits per heavy atom. The van der Waals surface area contributed by atoms with Gasteiger partial charge in [0.15, 0.2) is 0 Å². The predicted octanol–water partition coefficient (Wildman–Crippen LogP) is 1.35. The Morgan fingerprint density at radius 2 is 2.19 bits per heavy atom. The molecule has 0 spiro atoms. The highest BCUT2D eigenvalue weighted by molar-refractivity contribution is 7.07. The van der Waals surface area contributed by atoms with E-state index in [0.29, 0.717) is 6.54 Å².